The van der Waals surface area contributed by atoms with Gasteiger partial charge < -0.3 is 9.73 Å². The minimum absolute atomic E-state index is 0.0164. The molecule has 1 atom stereocenters. The maximum atomic E-state index is 12.2. The molecule has 1 amide bonds. The number of hydrogen-bond acceptors (Lipinski definition) is 5. The Morgan fingerprint density at radius 3 is 2.66 bits per heavy atom. The van der Waals surface area contributed by atoms with Crippen LogP contribution in [0, 0.1) is 0 Å². The standard InChI is InChI=1S/C22H22N4O2S/c1-3-15(2)23-20(27)14-29-22-25-24-21(26(22)17-10-5-4-6-11-17)19-13-16-9-7-8-12-18(16)28-19/h4-13,15H,3,14H2,1-2H3,(H,23,27). The van der Waals surface area contributed by atoms with Crippen LogP contribution in [0.3, 0.4) is 0 Å². The van der Waals surface area contributed by atoms with Gasteiger partial charge in [-0.1, -0.05) is 55.1 Å². The van der Waals surface area contributed by atoms with Crippen LogP contribution in [0.15, 0.2) is 70.2 Å². The fourth-order valence-corrected chi connectivity index (χ4v) is 3.74. The average molecular weight is 407 g/mol. The van der Waals surface area contributed by atoms with Crippen LogP contribution >= 0.6 is 11.8 Å². The summed E-state index contributed by atoms with van der Waals surface area (Å²) >= 11 is 1.36. The Balaban J connectivity index is 1.68. The van der Waals surface area contributed by atoms with Crippen molar-refractivity contribution in [2.75, 3.05) is 5.75 Å². The third-order valence-corrected chi connectivity index (χ3v) is 5.57. The number of carbonyl (C=O) groups is 1. The van der Waals surface area contributed by atoms with E-state index in [0.717, 1.165) is 23.1 Å². The minimum Gasteiger partial charge on any atom is -0.453 e. The van der Waals surface area contributed by atoms with Gasteiger partial charge in [-0.15, -0.1) is 10.2 Å². The third-order valence-electron chi connectivity index (χ3n) is 4.65. The molecule has 2 heterocycles. The number of nitrogens with zero attached hydrogens (tertiary/aromatic N) is 3. The van der Waals surface area contributed by atoms with E-state index < -0.39 is 0 Å². The first kappa shape index (κ1) is 19.3. The number of thioether (sulfide) groups is 1. The zero-order valence-corrected chi connectivity index (χ0v) is 17.1. The van der Waals surface area contributed by atoms with Crippen molar-refractivity contribution < 1.29 is 9.21 Å². The number of hydrogen-bond donors (Lipinski definition) is 1. The van der Waals surface area contributed by atoms with E-state index in [1.165, 1.54) is 11.8 Å². The van der Waals surface area contributed by atoms with E-state index in [9.17, 15) is 4.79 Å². The summed E-state index contributed by atoms with van der Waals surface area (Å²) in [4.78, 5) is 12.2. The number of benzene rings is 2. The monoisotopic (exact) mass is 406 g/mol. The van der Waals surface area contributed by atoms with Gasteiger partial charge in [-0.3, -0.25) is 9.36 Å². The van der Waals surface area contributed by atoms with Gasteiger partial charge in [0.2, 0.25) is 11.7 Å². The van der Waals surface area contributed by atoms with Crippen LogP contribution in [0.1, 0.15) is 20.3 Å². The van der Waals surface area contributed by atoms with Crippen molar-refractivity contribution >= 4 is 28.6 Å². The van der Waals surface area contributed by atoms with Crippen molar-refractivity contribution in [2.24, 2.45) is 0 Å². The second kappa shape index (κ2) is 8.53. The zero-order valence-electron chi connectivity index (χ0n) is 16.3. The molecule has 0 bridgehead atoms. The Morgan fingerprint density at radius 1 is 1.14 bits per heavy atom. The number of aromatic nitrogens is 3. The molecule has 0 radical (unpaired) electrons. The highest BCUT2D eigenvalue weighted by Gasteiger charge is 2.20. The molecule has 0 saturated carbocycles. The molecule has 0 spiro atoms. The van der Waals surface area contributed by atoms with Gasteiger partial charge >= 0.3 is 0 Å². The Bertz CT molecular complexity index is 1090. The fraction of sp³-hybridized carbons (Fsp3) is 0.227. The summed E-state index contributed by atoms with van der Waals surface area (Å²) in [7, 11) is 0. The maximum Gasteiger partial charge on any atom is 0.230 e. The van der Waals surface area contributed by atoms with E-state index in [4.69, 9.17) is 4.42 Å². The summed E-state index contributed by atoms with van der Waals surface area (Å²) in [6.45, 7) is 4.04. The lowest BCUT2D eigenvalue weighted by Gasteiger charge is -2.11. The number of amides is 1. The van der Waals surface area contributed by atoms with E-state index >= 15 is 0 Å². The number of furan rings is 1. The molecule has 148 valence electrons. The van der Waals surface area contributed by atoms with Crippen LogP contribution in [0.5, 0.6) is 0 Å². The molecule has 0 saturated heterocycles. The van der Waals surface area contributed by atoms with Crippen molar-refractivity contribution in [3.05, 3.63) is 60.7 Å². The van der Waals surface area contributed by atoms with Crippen molar-refractivity contribution in [1.29, 1.82) is 0 Å². The second-order valence-electron chi connectivity index (χ2n) is 6.79. The lowest BCUT2D eigenvalue weighted by Crippen LogP contribution is -2.33. The van der Waals surface area contributed by atoms with Crippen LogP contribution in [-0.4, -0.2) is 32.5 Å². The van der Waals surface area contributed by atoms with Crippen LogP contribution in [0.4, 0.5) is 0 Å². The van der Waals surface area contributed by atoms with Gasteiger partial charge in [0.15, 0.2) is 10.9 Å². The highest BCUT2D eigenvalue weighted by Crippen LogP contribution is 2.31. The molecule has 1 N–H and O–H groups in total. The number of fused-ring (bicyclic) bond motifs is 1. The van der Waals surface area contributed by atoms with Crippen LogP contribution in [0.25, 0.3) is 28.2 Å². The Labute approximate surface area is 173 Å². The number of carbonyl (C=O) groups excluding carboxylic acids is 1. The predicted molar refractivity (Wildman–Crippen MR) is 115 cm³/mol. The number of para-hydroxylation sites is 2. The first-order valence-corrected chi connectivity index (χ1v) is 10.6. The van der Waals surface area contributed by atoms with Crippen molar-refractivity contribution in [1.82, 2.24) is 20.1 Å². The van der Waals surface area contributed by atoms with Crippen molar-refractivity contribution in [2.45, 2.75) is 31.5 Å². The molecule has 1 unspecified atom stereocenters. The molecule has 4 aromatic rings. The zero-order chi connectivity index (χ0) is 20.2. The molecule has 6 nitrogen and oxygen atoms in total. The fourth-order valence-electron chi connectivity index (χ4n) is 2.97. The van der Waals surface area contributed by atoms with Crippen molar-refractivity contribution in [3.8, 4) is 17.3 Å². The predicted octanol–water partition coefficient (Wildman–Crippen LogP) is 4.69. The van der Waals surface area contributed by atoms with Gasteiger partial charge in [0.05, 0.1) is 5.75 Å². The first-order valence-electron chi connectivity index (χ1n) is 9.57. The first-order chi connectivity index (χ1) is 14.2. The average Bonchev–Trinajstić information content (AvgIpc) is 3.36. The van der Waals surface area contributed by atoms with E-state index in [0.29, 0.717) is 16.7 Å². The molecule has 0 aliphatic heterocycles. The SMILES string of the molecule is CCC(C)NC(=O)CSc1nnc(-c2cc3ccccc3o2)n1-c1ccccc1. The summed E-state index contributed by atoms with van der Waals surface area (Å²) in [5.74, 6) is 1.50. The molecule has 0 aliphatic carbocycles. The Morgan fingerprint density at radius 2 is 1.90 bits per heavy atom. The Hall–Kier alpha value is -3.06. The quantitative estimate of drug-likeness (QED) is 0.451. The van der Waals surface area contributed by atoms with E-state index in [-0.39, 0.29) is 17.7 Å². The molecule has 7 heteroatoms. The molecular weight excluding hydrogens is 384 g/mol. The van der Waals surface area contributed by atoms with E-state index in [2.05, 4.69) is 15.5 Å². The second-order valence-corrected chi connectivity index (χ2v) is 7.73. The number of nitrogens with one attached hydrogen (secondary N) is 1. The molecule has 0 fully saturated rings. The number of rotatable bonds is 7. The Kier molecular flexibility index (Phi) is 5.67. The van der Waals surface area contributed by atoms with E-state index in [1.54, 1.807) is 0 Å². The third kappa shape index (κ3) is 4.19. The molecular formula is C22H22N4O2S. The van der Waals surface area contributed by atoms with Gasteiger partial charge in [-0.2, -0.15) is 0 Å². The highest BCUT2D eigenvalue weighted by atomic mass is 32.2. The summed E-state index contributed by atoms with van der Waals surface area (Å²) in [5.41, 5.74) is 1.71. The molecule has 2 aromatic heterocycles. The largest absolute Gasteiger partial charge is 0.453 e. The highest BCUT2D eigenvalue weighted by molar-refractivity contribution is 7.99. The van der Waals surface area contributed by atoms with Crippen LogP contribution in [-0.2, 0) is 4.79 Å². The lowest BCUT2D eigenvalue weighted by atomic mass is 10.2. The van der Waals surface area contributed by atoms with Crippen molar-refractivity contribution in [3.63, 3.8) is 0 Å². The summed E-state index contributed by atoms with van der Waals surface area (Å²) in [5, 5.41) is 13.4. The molecule has 29 heavy (non-hydrogen) atoms. The molecule has 0 aliphatic rings. The van der Waals surface area contributed by atoms with Gasteiger partial charge in [-0.05, 0) is 37.6 Å². The van der Waals surface area contributed by atoms with Gasteiger partial charge in [0.25, 0.3) is 0 Å². The smallest absolute Gasteiger partial charge is 0.230 e. The van der Waals surface area contributed by atoms with Crippen LogP contribution < -0.4 is 5.32 Å². The normalized spacial score (nSPS) is 12.2. The minimum atomic E-state index is -0.0164. The topological polar surface area (TPSA) is 73.0 Å². The molecule has 2 aromatic carbocycles. The van der Waals surface area contributed by atoms with Gasteiger partial charge in [0, 0.05) is 17.1 Å². The summed E-state index contributed by atoms with van der Waals surface area (Å²) in [6.07, 6.45) is 0.896. The summed E-state index contributed by atoms with van der Waals surface area (Å²) in [6, 6.07) is 19.8. The summed E-state index contributed by atoms with van der Waals surface area (Å²) < 4.78 is 7.94. The van der Waals surface area contributed by atoms with E-state index in [1.807, 2.05) is 79.1 Å². The lowest BCUT2D eigenvalue weighted by molar-refractivity contribution is -0.119. The van der Waals surface area contributed by atoms with Crippen LogP contribution in [0.2, 0.25) is 0 Å². The van der Waals surface area contributed by atoms with Gasteiger partial charge in [-0.25, -0.2) is 0 Å². The molecule has 4 rings (SSSR count). The maximum absolute atomic E-state index is 12.2. The van der Waals surface area contributed by atoms with Gasteiger partial charge in [0.1, 0.15) is 5.58 Å².